The molecule has 1 aliphatic heterocycles. The molecule has 5 nitrogen and oxygen atoms in total. The largest absolute Gasteiger partial charge is 0.462 e. The van der Waals surface area contributed by atoms with Crippen molar-refractivity contribution in [1.29, 1.82) is 0 Å². The first-order chi connectivity index (χ1) is 12.0. The molecular weight excluding hydrogens is 340 g/mol. The summed E-state index contributed by atoms with van der Waals surface area (Å²) in [7, 11) is -3.22. The SMILES string of the molecule is CCOC(=O)/C(=C\C1CCOCC1)c1ccc(S(=O)(=O)C2CC2)cc1. The van der Waals surface area contributed by atoms with Crippen LogP contribution in [0.1, 0.15) is 38.2 Å². The van der Waals surface area contributed by atoms with E-state index in [0.29, 0.717) is 35.9 Å². The molecule has 0 unspecified atom stereocenters. The first-order valence-electron chi connectivity index (χ1n) is 8.83. The van der Waals surface area contributed by atoms with E-state index in [1.54, 1.807) is 31.2 Å². The van der Waals surface area contributed by atoms with Crippen LogP contribution in [0, 0.1) is 5.92 Å². The molecule has 136 valence electrons. The fourth-order valence-electron chi connectivity index (χ4n) is 3.00. The highest BCUT2D eigenvalue weighted by atomic mass is 32.2. The van der Waals surface area contributed by atoms with Gasteiger partial charge >= 0.3 is 5.97 Å². The number of benzene rings is 1. The van der Waals surface area contributed by atoms with Crippen LogP contribution in [0.25, 0.3) is 5.57 Å². The Kier molecular flexibility index (Phi) is 5.59. The third-order valence-electron chi connectivity index (χ3n) is 4.62. The molecule has 2 aliphatic rings. The van der Waals surface area contributed by atoms with E-state index in [4.69, 9.17) is 9.47 Å². The molecule has 2 fully saturated rings. The van der Waals surface area contributed by atoms with Crippen LogP contribution in [0.4, 0.5) is 0 Å². The molecule has 1 aromatic rings. The zero-order valence-corrected chi connectivity index (χ0v) is 15.3. The van der Waals surface area contributed by atoms with E-state index in [1.807, 2.05) is 6.08 Å². The lowest BCUT2D eigenvalue weighted by Gasteiger charge is -2.20. The lowest BCUT2D eigenvalue weighted by molar-refractivity contribution is -0.136. The standard InChI is InChI=1S/C19H24O5S/c1-2-24-19(20)18(13-14-9-11-23-12-10-14)15-3-5-16(6-4-15)25(21,22)17-7-8-17/h3-6,13-14,17H,2,7-12H2,1H3/b18-13-. The molecule has 0 radical (unpaired) electrons. The van der Waals surface area contributed by atoms with Crippen LogP contribution in [0.3, 0.4) is 0 Å². The van der Waals surface area contributed by atoms with Crippen molar-refractivity contribution in [3.63, 3.8) is 0 Å². The number of carbonyl (C=O) groups is 1. The van der Waals surface area contributed by atoms with Gasteiger partial charge in [0.25, 0.3) is 0 Å². The molecule has 0 bridgehead atoms. The predicted molar refractivity (Wildman–Crippen MR) is 94.8 cm³/mol. The summed E-state index contributed by atoms with van der Waals surface area (Å²) in [5.74, 6) is -0.102. The van der Waals surface area contributed by atoms with Gasteiger partial charge in [-0.15, -0.1) is 0 Å². The van der Waals surface area contributed by atoms with Crippen molar-refractivity contribution < 1.29 is 22.7 Å². The van der Waals surface area contributed by atoms with Gasteiger partial charge in [-0.05, 0) is 56.2 Å². The van der Waals surface area contributed by atoms with Gasteiger partial charge in [-0.2, -0.15) is 0 Å². The van der Waals surface area contributed by atoms with E-state index in [1.165, 1.54) is 0 Å². The quantitative estimate of drug-likeness (QED) is 0.573. The summed E-state index contributed by atoms with van der Waals surface area (Å²) in [5, 5.41) is -0.236. The first kappa shape index (κ1) is 18.1. The van der Waals surface area contributed by atoms with Crippen LogP contribution >= 0.6 is 0 Å². The van der Waals surface area contributed by atoms with Crippen LogP contribution in [0.15, 0.2) is 35.2 Å². The fraction of sp³-hybridized carbons (Fsp3) is 0.526. The number of sulfone groups is 1. The van der Waals surface area contributed by atoms with Gasteiger partial charge in [-0.25, -0.2) is 13.2 Å². The van der Waals surface area contributed by atoms with Gasteiger partial charge < -0.3 is 9.47 Å². The summed E-state index contributed by atoms with van der Waals surface area (Å²) >= 11 is 0. The molecule has 0 aromatic heterocycles. The van der Waals surface area contributed by atoms with Crippen molar-refractivity contribution in [3.8, 4) is 0 Å². The third kappa shape index (κ3) is 4.30. The number of hydrogen-bond acceptors (Lipinski definition) is 5. The van der Waals surface area contributed by atoms with Crippen molar-refractivity contribution >= 4 is 21.4 Å². The molecule has 25 heavy (non-hydrogen) atoms. The van der Waals surface area contributed by atoms with Gasteiger partial charge in [-0.3, -0.25) is 0 Å². The van der Waals surface area contributed by atoms with Crippen molar-refractivity contribution in [2.45, 2.75) is 42.8 Å². The van der Waals surface area contributed by atoms with E-state index in [2.05, 4.69) is 0 Å². The van der Waals surface area contributed by atoms with Gasteiger partial charge in [0, 0.05) is 13.2 Å². The molecule has 1 aliphatic carbocycles. The second-order valence-corrected chi connectivity index (χ2v) is 8.75. The Hall–Kier alpha value is -1.66. The van der Waals surface area contributed by atoms with Gasteiger partial charge in [0.05, 0.1) is 22.3 Å². The topological polar surface area (TPSA) is 69.7 Å². The van der Waals surface area contributed by atoms with Gasteiger partial charge in [-0.1, -0.05) is 18.2 Å². The molecule has 1 heterocycles. The highest BCUT2D eigenvalue weighted by molar-refractivity contribution is 7.92. The Morgan fingerprint density at radius 2 is 1.80 bits per heavy atom. The van der Waals surface area contributed by atoms with Crippen LogP contribution in [0.5, 0.6) is 0 Å². The zero-order valence-electron chi connectivity index (χ0n) is 14.4. The second kappa shape index (κ2) is 7.70. The summed E-state index contributed by atoms with van der Waals surface area (Å²) < 4.78 is 35.2. The van der Waals surface area contributed by atoms with Crippen molar-refractivity contribution in [2.24, 2.45) is 5.92 Å². The highest BCUT2D eigenvalue weighted by Gasteiger charge is 2.36. The maximum absolute atomic E-state index is 12.4. The number of rotatable bonds is 6. The number of esters is 1. The Bertz CT molecular complexity index is 739. The Labute approximate surface area is 148 Å². The maximum Gasteiger partial charge on any atom is 0.338 e. The summed E-state index contributed by atoms with van der Waals surface area (Å²) in [6.07, 6.45) is 5.17. The van der Waals surface area contributed by atoms with Crippen molar-refractivity contribution in [1.82, 2.24) is 0 Å². The molecule has 1 aromatic carbocycles. The first-order valence-corrected chi connectivity index (χ1v) is 10.4. The summed E-state index contributed by atoms with van der Waals surface area (Å²) in [6, 6.07) is 6.61. The summed E-state index contributed by atoms with van der Waals surface area (Å²) in [5.41, 5.74) is 1.20. The third-order valence-corrected chi connectivity index (χ3v) is 6.90. The van der Waals surface area contributed by atoms with Gasteiger partial charge in [0.2, 0.25) is 0 Å². The Morgan fingerprint density at radius 1 is 1.16 bits per heavy atom. The van der Waals surface area contributed by atoms with Gasteiger partial charge in [0.15, 0.2) is 9.84 Å². The minimum absolute atomic E-state index is 0.236. The zero-order chi connectivity index (χ0) is 17.9. The van der Waals surface area contributed by atoms with E-state index in [-0.39, 0.29) is 17.1 Å². The lowest BCUT2D eigenvalue weighted by Crippen LogP contribution is -2.16. The number of ether oxygens (including phenoxy) is 2. The van der Waals surface area contributed by atoms with Crippen molar-refractivity contribution in [2.75, 3.05) is 19.8 Å². The fourth-order valence-corrected chi connectivity index (χ4v) is 4.66. The normalized spacial score (nSPS) is 19.6. The molecular formula is C19H24O5S. The molecule has 0 spiro atoms. The Balaban J connectivity index is 1.87. The van der Waals surface area contributed by atoms with Crippen LogP contribution < -0.4 is 0 Å². The van der Waals surface area contributed by atoms with E-state index in [0.717, 1.165) is 25.7 Å². The van der Waals surface area contributed by atoms with Crippen LogP contribution in [-0.4, -0.2) is 39.5 Å². The van der Waals surface area contributed by atoms with Crippen LogP contribution in [0.2, 0.25) is 0 Å². The number of carbonyl (C=O) groups excluding carboxylic acids is 1. The second-order valence-electron chi connectivity index (χ2n) is 6.52. The number of hydrogen-bond donors (Lipinski definition) is 0. The van der Waals surface area contributed by atoms with Crippen LogP contribution in [-0.2, 0) is 24.1 Å². The predicted octanol–water partition coefficient (Wildman–Crippen LogP) is 3.00. The lowest BCUT2D eigenvalue weighted by atomic mass is 9.94. The van der Waals surface area contributed by atoms with Crippen molar-refractivity contribution in [3.05, 3.63) is 35.9 Å². The summed E-state index contributed by atoms with van der Waals surface area (Å²) in [4.78, 5) is 12.7. The van der Waals surface area contributed by atoms with E-state index < -0.39 is 9.84 Å². The minimum Gasteiger partial charge on any atom is -0.462 e. The molecule has 3 rings (SSSR count). The van der Waals surface area contributed by atoms with E-state index in [9.17, 15) is 13.2 Å². The molecule has 0 atom stereocenters. The monoisotopic (exact) mass is 364 g/mol. The highest BCUT2D eigenvalue weighted by Crippen LogP contribution is 2.34. The van der Waals surface area contributed by atoms with Gasteiger partial charge in [0.1, 0.15) is 0 Å². The average Bonchev–Trinajstić information content (AvgIpc) is 3.46. The van der Waals surface area contributed by atoms with E-state index >= 15 is 0 Å². The number of allylic oxidation sites excluding steroid dienone is 1. The maximum atomic E-state index is 12.4. The Morgan fingerprint density at radius 3 is 2.36 bits per heavy atom. The average molecular weight is 364 g/mol. The molecule has 6 heteroatoms. The minimum atomic E-state index is -3.22. The molecule has 0 N–H and O–H groups in total. The molecule has 1 saturated carbocycles. The smallest absolute Gasteiger partial charge is 0.338 e. The molecule has 0 amide bonds. The molecule has 1 saturated heterocycles. The summed E-state index contributed by atoms with van der Waals surface area (Å²) in [6.45, 7) is 3.46.